The quantitative estimate of drug-likeness (QED) is 0.653. The van der Waals surface area contributed by atoms with E-state index in [1.165, 1.54) is 0 Å². The maximum atomic E-state index is 8.01. The van der Waals surface area contributed by atoms with Crippen LogP contribution in [0.3, 0.4) is 0 Å². The highest BCUT2D eigenvalue weighted by Crippen LogP contribution is 2.30. The summed E-state index contributed by atoms with van der Waals surface area (Å²) in [6.45, 7) is 8.55. The Hall–Kier alpha value is -0.980. The Morgan fingerprint density at radius 2 is 1.31 bits per heavy atom. The average Bonchev–Trinajstić information content (AvgIpc) is 2.03. The molecule has 0 fully saturated rings. The van der Waals surface area contributed by atoms with Gasteiger partial charge in [-0.15, -0.1) is 0 Å². The highest BCUT2D eigenvalue weighted by atomic mass is 14.6. The van der Waals surface area contributed by atoms with Crippen LogP contribution < -0.4 is 5.73 Å². The van der Waals surface area contributed by atoms with Gasteiger partial charge in [0, 0.05) is 0 Å². The third-order valence-electron chi connectivity index (χ3n) is 2.37. The zero-order chi connectivity index (χ0) is 10.0. The highest BCUT2D eigenvalue weighted by molar-refractivity contribution is 5.53. The molecule has 71 valence electrons. The molecule has 0 saturated heterocycles. The molecule has 0 bridgehead atoms. The van der Waals surface area contributed by atoms with Gasteiger partial charge in [-0.3, -0.25) is 0 Å². The molecule has 0 aliphatic heterocycles. The van der Waals surface area contributed by atoms with Gasteiger partial charge in [0.2, 0.25) is 0 Å². The lowest BCUT2D eigenvalue weighted by atomic mass is 9.93. The predicted octanol–water partition coefficient (Wildman–Crippen LogP) is 3.85. The van der Waals surface area contributed by atoms with Crippen molar-refractivity contribution in [2.45, 2.75) is 39.5 Å². The Balaban J connectivity index is 3.18. The number of nitrogens with one attached hydrogen (secondary N) is 1. The standard InChI is InChI=1S/C12H18N/c1-8(2)10-6-5-7-11(9(3)4)12(10)13/h5-9,13H,1-4H3. The summed E-state index contributed by atoms with van der Waals surface area (Å²) in [5.74, 6) is 0.900. The first-order valence-electron chi connectivity index (χ1n) is 4.88. The fraction of sp³-hybridized carbons (Fsp3) is 0.500. The molecule has 1 rings (SSSR count). The van der Waals surface area contributed by atoms with Crippen LogP contribution in [0.15, 0.2) is 18.2 Å². The van der Waals surface area contributed by atoms with Crippen LogP contribution >= 0.6 is 0 Å². The molecule has 1 nitrogen and oxygen atoms in total. The van der Waals surface area contributed by atoms with Gasteiger partial charge in [0.25, 0.3) is 0 Å². The molecule has 1 aromatic carbocycles. The summed E-state index contributed by atoms with van der Waals surface area (Å²) in [4.78, 5) is 0. The lowest BCUT2D eigenvalue weighted by molar-refractivity contribution is 0.832. The maximum absolute atomic E-state index is 8.01. The highest BCUT2D eigenvalue weighted by Gasteiger charge is 2.10. The molecule has 0 aliphatic rings. The van der Waals surface area contributed by atoms with Gasteiger partial charge >= 0.3 is 0 Å². The SMILES string of the molecule is CC(C)c1cccc(C(C)C)c1[NH]. The van der Waals surface area contributed by atoms with Crippen molar-refractivity contribution in [2.75, 3.05) is 0 Å². The third-order valence-corrected chi connectivity index (χ3v) is 2.37. The smallest absolute Gasteiger partial charge is 0.0609 e. The lowest BCUT2D eigenvalue weighted by Crippen LogP contribution is -1.96. The van der Waals surface area contributed by atoms with E-state index < -0.39 is 0 Å². The zero-order valence-corrected chi connectivity index (χ0v) is 8.89. The van der Waals surface area contributed by atoms with Gasteiger partial charge in [0.15, 0.2) is 0 Å². The first-order valence-corrected chi connectivity index (χ1v) is 4.88. The second-order valence-corrected chi connectivity index (χ2v) is 4.12. The van der Waals surface area contributed by atoms with E-state index in [9.17, 15) is 0 Å². The minimum Gasteiger partial charge on any atom is -0.300 e. The molecule has 0 amide bonds. The summed E-state index contributed by atoms with van der Waals surface area (Å²) < 4.78 is 0. The van der Waals surface area contributed by atoms with E-state index in [1.54, 1.807) is 0 Å². The zero-order valence-electron chi connectivity index (χ0n) is 8.89. The molecule has 1 heteroatoms. The van der Waals surface area contributed by atoms with Gasteiger partial charge in [-0.2, -0.15) is 0 Å². The van der Waals surface area contributed by atoms with Crippen LogP contribution in [0.2, 0.25) is 0 Å². The van der Waals surface area contributed by atoms with Gasteiger partial charge in [0.1, 0.15) is 0 Å². The summed E-state index contributed by atoms with van der Waals surface area (Å²) in [5.41, 5.74) is 11.1. The molecular weight excluding hydrogens is 158 g/mol. The Morgan fingerprint density at radius 1 is 0.923 bits per heavy atom. The molecule has 13 heavy (non-hydrogen) atoms. The molecule has 1 aromatic rings. The van der Waals surface area contributed by atoms with E-state index >= 15 is 0 Å². The molecule has 0 spiro atoms. The molecule has 0 heterocycles. The first kappa shape index (κ1) is 10.1. The minimum atomic E-state index is 0.450. The summed E-state index contributed by atoms with van der Waals surface area (Å²) in [6, 6.07) is 6.17. The van der Waals surface area contributed by atoms with E-state index in [1.807, 2.05) is 0 Å². The maximum Gasteiger partial charge on any atom is 0.0609 e. The van der Waals surface area contributed by atoms with Crippen molar-refractivity contribution in [3.05, 3.63) is 29.3 Å². The average molecular weight is 176 g/mol. The van der Waals surface area contributed by atoms with Crippen LogP contribution in [0.1, 0.15) is 50.7 Å². The van der Waals surface area contributed by atoms with Crippen molar-refractivity contribution in [1.82, 2.24) is 5.73 Å². The van der Waals surface area contributed by atoms with E-state index in [0.717, 1.165) is 16.8 Å². The normalized spacial score (nSPS) is 11.2. The van der Waals surface area contributed by atoms with Crippen molar-refractivity contribution in [1.29, 1.82) is 0 Å². The summed E-state index contributed by atoms with van der Waals surface area (Å²) in [5, 5.41) is 0. The second kappa shape index (κ2) is 3.82. The van der Waals surface area contributed by atoms with E-state index in [4.69, 9.17) is 5.73 Å². The van der Waals surface area contributed by atoms with Gasteiger partial charge in [-0.25, -0.2) is 0 Å². The van der Waals surface area contributed by atoms with E-state index in [0.29, 0.717) is 11.8 Å². The van der Waals surface area contributed by atoms with Crippen LogP contribution in [0, 0.1) is 0 Å². The van der Waals surface area contributed by atoms with Gasteiger partial charge in [0.05, 0.1) is 5.69 Å². The largest absolute Gasteiger partial charge is 0.300 e. The molecule has 0 atom stereocenters. The molecule has 1 radical (unpaired) electrons. The summed E-state index contributed by atoms with van der Waals surface area (Å²) >= 11 is 0. The van der Waals surface area contributed by atoms with Crippen molar-refractivity contribution in [3.8, 4) is 0 Å². The summed E-state index contributed by atoms with van der Waals surface area (Å²) in [6.07, 6.45) is 0. The predicted molar refractivity (Wildman–Crippen MR) is 57.4 cm³/mol. The molecule has 0 saturated carbocycles. The fourth-order valence-electron chi connectivity index (χ4n) is 1.55. The Labute approximate surface area is 81.0 Å². The van der Waals surface area contributed by atoms with Crippen molar-refractivity contribution in [3.63, 3.8) is 0 Å². The van der Waals surface area contributed by atoms with Gasteiger partial charge < -0.3 is 5.73 Å². The molecule has 0 aliphatic carbocycles. The number of hydrogen-bond acceptors (Lipinski definition) is 0. The van der Waals surface area contributed by atoms with Gasteiger partial charge in [-0.1, -0.05) is 45.9 Å². The van der Waals surface area contributed by atoms with Crippen LogP contribution in [0.25, 0.3) is 0 Å². The van der Waals surface area contributed by atoms with Gasteiger partial charge in [-0.05, 0) is 23.0 Å². The molecule has 0 unspecified atom stereocenters. The lowest BCUT2D eigenvalue weighted by Gasteiger charge is -2.14. The summed E-state index contributed by atoms with van der Waals surface area (Å²) in [7, 11) is 0. The van der Waals surface area contributed by atoms with E-state index in [2.05, 4.69) is 45.9 Å². The molecular formula is C12H18N. The Bertz CT molecular complexity index is 261. The third kappa shape index (κ3) is 2.03. The number of benzene rings is 1. The monoisotopic (exact) mass is 176 g/mol. The van der Waals surface area contributed by atoms with Crippen LogP contribution in [-0.2, 0) is 0 Å². The molecule has 0 aromatic heterocycles. The fourth-order valence-corrected chi connectivity index (χ4v) is 1.55. The van der Waals surface area contributed by atoms with Crippen LogP contribution in [-0.4, -0.2) is 0 Å². The number of hydrogen-bond donors (Lipinski definition) is 0. The first-order chi connectivity index (χ1) is 6.04. The van der Waals surface area contributed by atoms with Crippen LogP contribution in [0.4, 0.5) is 5.69 Å². The van der Waals surface area contributed by atoms with Crippen molar-refractivity contribution < 1.29 is 0 Å². The van der Waals surface area contributed by atoms with Crippen molar-refractivity contribution >= 4 is 5.69 Å². The second-order valence-electron chi connectivity index (χ2n) is 4.12. The van der Waals surface area contributed by atoms with Crippen molar-refractivity contribution in [2.24, 2.45) is 0 Å². The minimum absolute atomic E-state index is 0.450. The Morgan fingerprint density at radius 3 is 1.62 bits per heavy atom. The van der Waals surface area contributed by atoms with Crippen LogP contribution in [0.5, 0.6) is 0 Å². The topological polar surface area (TPSA) is 23.8 Å². The number of rotatable bonds is 2. The Kier molecular flexibility index (Phi) is 2.97. The molecule has 1 N–H and O–H groups in total. The van der Waals surface area contributed by atoms with E-state index in [-0.39, 0.29) is 0 Å².